The third kappa shape index (κ3) is 5.22. The SMILES string of the molecule is COCC(Br)CCNS(=O)(=O)c1ccc(C)cc1C. The Morgan fingerprint density at radius 3 is 2.63 bits per heavy atom. The Bertz CT molecular complexity index is 517. The molecule has 0 aliphatic heterocycles. The summed E-state index contributed by atoms with van der Waals surface area (Å²) in [6.07, 6.45) is 0.679. The predicted octanol–water partition coefficient (Wildman–Crippen LogP) is 2.38. The summed E-state index contributed by atoms with van der Waals surface area (Å²) in [7, 11) is -1.81. The van der Waals surface area contributed by atoms with Gasteiger partial charge < -0.3 is 4.74 Å². The normalized spacial score (nSPS) is 13.5. The first-order valence-corrected chi connectivity index (χ1v) is 8.46. The minimum absolute atomic E-state index is 0.152. The van der Waals surface area contributed by atoms with E-state index in [0.717, 1.165) is 11.1 Å². The van der Waals surface area contributed by atoms with Gasteiger partial charge in [0.2, 0.25) is 10.0 Å². The summed E-state index contributed by atoms with van der Waals surface area (Å²) < 4.78 is 31.9. The molecule has 6 heteroatoms. The van der Waals surface area contributed by atoms with Crippen LogP contribution in [0.15, 0.2) is 23.1 Å². The van der Waals surface area contributed by atoms with Gasteiger partial charge in [-0.1, -0.05) is 33.6 Å². The third-order valence-electron chi connectivity index (χ3n) is 2.72. The van der Waals surface area contributed by atoms with Crippen molar-refractivity contribution >= 4 is 26.0 Å². The molecule has 0 radical (unpaired) electrons. The molecule has 0 bridgehead atoms. The quantitative estimate of drug-likeness (QED) is 0.769. The number of halogens is 1. The number of nitrogens with one attached hydrogen (secondary N) is 1. The molecule has 1 aromatic rings. The van der Waals surface area contributed by atoms with Gasteiger partial charge in [-0.2, -0.15) is 0 Å². The van der Waals surface area contributed by atoms with E-state index in [9.17, 15) is 8.42 Å². The first kappa shape index (κ1) is 16.6. The molecule has 0 saturated heterocycles. The van der Waals surface area contributed by atoms with Crippen LogP contribution in [0.25, 0.3) is 0 Å². The number of sulfonamides is 1. The van der Waals surface area contributed by atoms with E-state index in [0.29, 0.717) is 24.5 Å². The van der Waals surface area contributed by atoms with Gasteiger partial charge in [-0.05, 0) is 31.9 Å². The molecule has 1 rings (SSSR count). The van der Waals surface area contributed by atoms with Gasteiger partial charge in [-0.15, -0.1) is 0 Å². The molecule has 0 amide bonds. The molecule has 0 saturated carbocycles. The van der Waals surface area contributed by atoms with Crippen LogP contribution in [-0.4, -0.2) is 33.5 Å². The number of benzene rings is 1. The van der Waals surface area contributed by atoms with Crippen LogP contribution in [0.5, 0.6) is 0 Å². The van der Waals surface area contributed by atoms with Gasteiger partial charge in [0.05, 0.1) is 11.5 Å². The van der Waals surface area contributed by atoms with Crippen LogP contribution >= 0.6 is 15.9 Å². The summed E-state index contributed by atoms with van der Waals surface area (Å²) in [6.45, 7) is 4.69. The molecular weight excluding hydrogens is 330 g/mol. The number of ether oxygens (including phenoxy) is 1. The van der Waals surface area contributed by atoms with Gasteiger partial charge in [-0.3, -0.25) is 0 Å². The van der Waals surface area contributed by atoms with Crippen molar-refractivity contribution in [2.45, 2.75) is 30.0 Å². The zero-order valence-corrected chi connectivity index (χ0v) is 13.8. The van der Waals surface area contributed by atoms with Crippen molar-refractivity contribution in [1.29, 1.82) is 0 Å². The summed E-state index contributed by atoms with van der Waals surface area (Å²) in [5.41, 5.74) is 1.82. The van der Waals surface area contributed by atoms with Crippen LogP contribution in [0.4, 0.5) is 0 Å². The van der Waals surface area contributed by atoms with E-state index in [1.165, 1.54) is 0 Å². The Kier molecular flexibility index (Phi) is 6.46. The Hall–Kier alpha value is -0.430. The fraction of sp³-hybridized carbons (Fsp3) is 0.538. The summed E-state index contributed by atoms with van der Waals surface area (Å²) in [6, 6.07) is 5.32. The fourth-order valence-corrected chi connectivity index (χ4v) is 3.56. The first-order valence-electron chi connectivity index (χ1n) is 6.06. The topological polar surface area (TPSA) is 55.4 Å². The largest absolute Gasteiger partial charge is 0.384 e. The summed E-state index contributed by atoms with van der Waals surface area (Å²) in [5.74, 6) is 0. The molecule has 0 aliphatic rings. The second-order valence-electron chi connectivity index (χ2n) is 4.51. The Labute approximate surface area is 123 Å². The van der Waals surface area contributed by atoms with Gasteiger partial charge in [0.1, 0.15) is 0 Å². The molecule has 1 unspecified atom stereocenters. The number of hydrogen-bond donors (Lipinski definition) is 1. The number of rotatable bonds is 7. The van der Waals surface area contributed by atoms with Crippen LogP contribution in [0.2, 0.25) is 0 Å². The molecule has 0 fully saturated rings. The lowest BCUT2D eigenvalue weighted by Gasteiger charge is -2.12. The van der Waals surface area contributed by atoms with E-state index in [2.05, 4.69) is 20.7 Å². The highest BCUT2D eigenvalue weighted by Crippen LogP contribution is 2.16. The van der Waals surface area contributed by atoms with Crippen molar-refractivity contribution in [3.05, 3.63) is 29.3 Å². The smallest absolute Gasteiger partial charge is 0.240 e. The number of aryl methyl sites for hydroxylation is 2. The van der Waals surface area contributed by atoms with E-state index >= 15 is 0 Å². The van der Waals surface area contributed by atoms with Crippen molar-refractivity contribution in [1.82, 2.24) is 4.72 Å². The highest BCUT2D eigenvalue weighted by atomic mass is 79.9. The van der Waals surface area contributed by atoms with E-state index in [4.69, 9.17) is 4.74 Å². The second-order valence-corrected chi connectivity index (χ2v) is 7.54. The van der Waals surface area contributed by atoms with E-state index < -0.39 is 10.0 Å². The lowest BCUT2D eigenvalue weighted by atomic mass is 10.2. The van der Waals surface area contributed by atoms with Crippen LogP contribution in [0.3, 0.4) is 0 Å². The zero-order valence-electron chi connectivity index (χ0n) is 11.4. The molecule has 1 N–H and O–H groups in total. The second kappa shape index (κ2) is 7.38. The van der Waals surface area contributed by atoms with Crippen molar-refractivity contribution in [2.75, 3.05) is 20.3 Å². The van der Waals surface area contributed by atoms with E-state index in [1.54, 1.807) is 26.2 Å². The highest BCUT2D eigenvalue weighted by molar-refractivity contribution is 9.09. The van der Waals surface area contributed by atoms with Crippen molar-refractivity contribution in [3.63, 3.8) is 0 Å². The Morgan fingerprint density at radius 1 is 1.37 bits per heavy atom. The molecule has 108 valence electrons. The lowest BCUT2D eigenvalue weighted by Crippen LogP contribution is -2.27. The Balaban J connectivity index is 2.66. The van der Waals surface area contributed by atoms with Crippen LogP contribution < -0.4 is 4.72 Å². The number of alkyl halides is 1. The third-order valence-corrected chi connectivity index (χ3v) is 5.06. The standard InChI is InChI=1S/C13H20BrNO3S/c1-10-4-5-13(11(2)8-10)19(16,17)15-7-6-12(14)9-18-3/h4-5,8,12,15H,6-7,9H2,1-3H3. The van der Waals surface area contributed by atoms with Crippen molar-refractivity contribution in [2.24, 2.45) is 0 Å². The molecule has 0 aromatic heterocycles. The van der Waals surface area contributed by atoms with Gasteiger partial charge in [-0.25, -0.2) is 13.1 Å². The van der Waals surface area contributed by atoms with Crippen LogP contribution in [-0.2, 0) is 14.8 Å². The maximum atomic E-state index is 12.1. The maximum Gasteiger partial charge on any atom is 0.240 e. The van der Waals surface area contributed by atoms with Gasteiger partial charge in [0, 0.05) is 18.5 Å². The minimum Gasteiger partial charge on any atom is -0.384 e. The molecule has 4 nitrogen and oxygen atoms in total. The summed E-state index contributed by atoms with van der Waals surface area (Å²) in [5, 5.41) is 0. The summed E-state index contributed by atoms with van der Waals surface area (Å²) in [4.78, 5) is 0.496. The first-order chi connectivity index (χ1) is 8.86. The van der Waals surface area contributed by atoms with Crippen molar-refractivity contribution < 1.29 is 13.2 Å². The maximum absolute atomic E-state index is 12.1. The molecule has 0 aliphatic carbocycles. The lowest BCUT2D eigenvalue weighted by molar-refractivity contribution is 0.199. The van der Waals surface area contributed by atoms with Crippen LogP contribution in [0, 0.1) is 13.8 Å². The molecule has 0 spiro atoms. The zero-order chi connectivity index (χ0) is 14.5. The number of hydrogen-bond acceptors (Lipinski definition) is 3. The molecule has 19 heavy (non-hydrogen) atoms. The molecule has 0 heterocycles. The molecular formula is C13H20BrNO3S. The predicted molar refractivity (Wildman–Crippen MR) is 80.3 cm³/mol. The molecule has 1 atom stereocenters. The van der Waals surface area contributed by atoms with Gasteiger partial charge >= 0.3 is 0 Å². The average molecular weight is 350 g/mol. The monoisotopic (exact) mass is 349 g/mol. The Morgan fingerprint density at radius 2 is 2.05 bits per heavy atom. The molecule has 1 aromatic carbocycles. The number of methoxy groups -OCH3 is 1. The minimum atomic E-state index is -3.43. The summed E-state index contributed by atoms with van der Waals surface area (Å²) >= 11 is 3.43. The van der Waals surface area contributed by atoms with Gasteiger partial charge in [0.25, 0.3) is 0 Å². The van der Waals surface area contributed by atoms with E-state index in [-0.39, 0.29) is 4.83 Å². The van der Waals surface area contributed by atoms with Crippen LogP contribution in [0.1, 0.15) is 17.5 Å². The van der Waals surface area contributed by atoms with E-state index in [1.807, 2.05) is 13.0 Å². The fourth-order valence-electron chi connectivity index (χ4n) is 1.79. The average Bonchev–Trinajstić information content (AvgIpc) is 2.28. The van der Waals surface area contributed by atoms with Crippen molar-refractivity contribution in [3.8, 4) is 0 Å². The highest BCUT2D eigenvalue weighted by Gasteiger charge is 2.16. The van der Waals surface area contributed by atoms with Gasteiger partial charge in [0.15, 0.2) is 0 Å².